The standard InChI is InChI=1S/C61H119NO3/c1-3-5-7-9-11-13-15-17-19-21-23-25-27-29-31-33-35-37-39-41-43-45-47-49-51-53-55-57-61(65)62-59(58-63)60(64)56-54-52-50-48-46-44-42-40-38-36-34-32-30-28-26-24-22-20-18-16-14-12-10-8-6-4-2/h46,48,54,56,59-60,63-64H,3-45,47,49-53,55,57-58H2,1-2H3,(H,62,65)/b48-46+,56-54+. The molecule has 2 atom stereocenters. The van der Waals surface area contributed by atoms with Crippen molar-refractivity contribution in [1.29, 1.82) is 0 Å². The first-order valence-electron chi connectivity index (χ1n) is 30.1. The quantitative estimate of drug-likeness (QED) is 0.0421. The van der Waals surface area contributed by atoms with Gasteiger partial charge in [-0.2, -0.15) is 0 Å². The predicted octanol–water partition coefficient (Wildman–Crippen LogP) is 19.9. The van der Waals surface area contributed by atoms with E-state index in [1.165, 1.54) is 289 Å². The highest BCUT2D eigenvalue weighted by molar-refractivity contribution is 5.76. The van der Waals surface area contributed by atoms with Gasteiger partial charge in [-0.05, 0) is 32.1 Å². The third-order valence-corrected chi connectivity index (χ3v) is 14.2. The SMILES string of the molecule is CCCCCCCCCCCCCCCCCCCCCC/C=C/CC/C=C/C(O)C(CO)NC(=O)CCCCCCCCCCCCCCCCCCCCCCCCCCCCC. The zero-order chi connectivity index (χ0) is 47.0. The molecule has 0 rings (SSSR count). The average molecular weight is 915 g/mol. The number of aliphatic hydroxyl groups is 2. The summed E-state index contributed by atoms with van der Waals surface area (Å²) in [5.41, 5.74) is 0. The number of allylic oxidation sites excluding steroid dienone is 3. The van der Waals surface area contributed by atoms with Crippen molar-refractivity contribution in [3.8, 4) is 0 Å². The molecule has 0 saturated heterocycles. The number of nitrogens with one attached hydrogen (secondary N) is 1. The second kappa shape index (κ2) is 57.2. The molecule has 0 saturated carbocycles. The zero-order valence-electron chi connectivity index (χ0n) is 44.5. The molecule has 0 spiro atoms. The lowest BCUT2D eigenvalue weighted by Gasteiger charge is -2.19. The highest BCUT2D eigenvalue weighted by Crippen LogP contribution is 2.18. The Kier molecular flexibility index (Phi) is 56.2. The fourth-order valence-electron chi connectivity index (χ4n) is 9.61. The summed E-state index contributed by atoms with van der Waals surface area (Å²) in [4.78, 5) is 12.5. The average Bonchev–Trinajstić information content (AvgIpc) is 3.31. The maximum atomic E-state index is 12.5. The Morgan fingerprint density at radius 1 is 0.354 bits per heavy atom. The van der Waals surface area contributed by atoms with Crippen LogP contribution in [0.3, 0.4) is 0 Å². The van der Waals surface area contributed by atoms with E-state index in [9.17, 15) is 15.0 Å². The Morgan fingerprint density at radius 2 is 0.600 bits per heavy atom. The molecule has 3 N–H and O–H groups in total. The van der Waals surface area contributed by atoms with Gasteiger partial charge in [-0.1, -0.05) is 327 Å². The van der Waals surface area contributed by atoms with Gasteiger partial charge in [0.25, 0.3) is 0 Å². The second-order valence-corrected chi connectivity index (χ2v) is 20.8. The topological polar surface area (TPSA) is 69.6 Å². The van der Waals surface area contributed by atoms with Crippen LogP contribution in [0.2, 0.25) is 0 Å². The van der Waals surface area contributed by atoms with E-state index >= 15 is 0 Å². The molecule has 0 aromatic rings. The predicted molar refractivity (Wildman–Crippen MR) is 290 cm³/mol. The van der Waals surface area contributed by atoms with E-state index in [4.69, 9.17) is 0 Å². The van der Waals surface area contributed by atoms with Crippen molar-refractivity contribution in [2.75, 3.05) is 6.61 Å². The maximum Gasteiger partial charge on any atom is 0.220 e. The Balaban J connectivity index is 3.47. The molecule has 0 fully saturated rings. The summed E-state index contributed by atoms with van der Waals surface area (Å²) in [5, 5.41) is 23.2. The number of unbranched alkanes of at least 4 members (excludes halogenated alkanes) is 47. The molecule has 65 heavy (non-hydrogen) atoms. The highest BCUT2D eigenvalue weighted by atomic mass is 16.3. The summed E-state index contributed by atoms with van der Waals surface area (Å²) in [7, 11) is 0. The van der Waals surface area contributed by atoms with Gasteiger partial charge in [0.15, 0.2) is 0 Å². The number of carbonyl (C=O) groups is 1. The highest BCUT2D eigenvalue weighted by Gasteiger charge is 2.18. The molecule has 0 bridgehead atoms. The van der Waals surface area contributed by atoms with Crippen molar-refractivity contribution in [3.05, 3.63) is 24.3 Å². The molecule has 386 valence electrons. The molecular weight excluding hydrogens is 795 g/mol. The van der Waals surface area contributed by atoms with Crippen molar-refractivity contribution < 1.29 is 15.0 Å². The van der Waals surface area contributed by atoms with E-state index in [-0.39, 0.29) is 12.5 Å². The van der Waals surface area contributed by atoms with Gasteiger partial charge < -0.3 is 15.5 Å². The van der Waals surface area contributed by atoms with Gasteiger partial charge >= 0.3 is 0 Å². The van der Waals surface area contributed by atoms with Gasteiger partial charge in [0, 0.05) is 6.42 Å². The Labute approximate surface area is 409 Å². The number of aliphatic hydroxyl groups excluding tert-OH is 2. The smallest absolute Gasteiger partial charge is 0.220 e. The number of carbonyl (C=O) groups excluding carboxylic acids is 1. The van der Waals surface area contributed by atoms with Crippen LogP contribution in [-0.4, -0.2) is 34.9 Å². The van der Waals surface area contributed by atoms with Crippen molar-refractivity contribution in [1.82, 2.24) is 5.32 Å². The summed E-state index contributed by atoms with van der Waals surface area (Å²) in [6, 6.07) is -0.637. The van der Waals surface area contributed by atoms with Crippen molar-refractivity contribution in [2.24, 2.45) is 0 Å². The molecule has 0 heterocycles. The van der Waals surface area contributed by atoms with E-state index in [1.807, 2.05) is 6.08 Å². The molecule has 4 nitrogen and oxygen atoms in total. The van der Waals surface area contributed by atoms with E-state index in [1.54, 1.807) is 6.08 Å². The minimum absolute atomic E-state index is 0.0657. The third-order valence-electron chi connectivity index (χ3n) is 14.2. The van der Waals surface area contributed by atoms with Crippen LogP contribution in [0, 0.1) is 0 Å². The minimum atomic E-state index is -0.860. The molecular formula is C61H119NO3. The minimum Gasteiger partial charge on any atom is -0.394 e. The number of amides is 1. The fraction of sp³-hybridized carbons (Fsp3) is 0.918. The van der Waals surface area contributed by atoms with Crippen LogP contribution in [0.15, 0.2) is 24.3 Å². The van der Waals surface area contributed by atoms with Crippen LogP contribution in [0.4, 0.5) is 0 Å². The lowest BCUT2D eigenvalue weighted by Crippen LogP contribution is -2.45. The zero-order valence-corrected chi connectivity index (χ0v) is 44.5. The first kappa shape index (κ1) is 63.9. The largest absolute Gasteiger partial charge is 0.394 e. The molecule has 0 aliphatic heterocycles. The van der Waals surface area contributed by atoms with Crippen LogP contribution in [0.25, 0.3) is 0 Å². The van der Waals surface area contributed by atoms with E-state index in [2.05, 4.69) is 31.3 Å². The summed E-state index contributed by atoms with van der Waals surface area (Å²) in [6.45, 7) is 4.34. The lowest BCUT2D eigenvalue weighted by molar-refractivity contribution is -0.123. The van der Waals surface area contributed by atoms with Crippen LogP contribution < -0.4 is 5.32 Å². The van der Waals surface area contributed by atoms with E-state index in [0.717, 1.165) is 32.1 Å². The Morgan fingerprint density at radius 3 is 0.892 bits per heavy atom. The molecule has 0 aromatic heterocycles. The van der Waals surface area contributed by atoms with E-state index in [0.29, 0.717) is 6.42 Å². The summed E-state index contributed by atoms with van der Waals surface area (Å²) in [6.07, 6.45) is 76.5. The summed E-state index contributed by atoms with van der Waals surface area (Å²) in [5.74, 6) is -0.0657. The second-order valence-electron chi connectivity index (χ2n) is 20.8. The first-order valence-corrected chi connectivity index (χ1v) is 30.1. The summed E-state index contributed by atoms with van der Waals surface area (Å²) >= 11 is 0. The van der Waals surface area contributed by atoms with Gasteiger partial charge in [-0.3, -0.25) is 4.79 Å². The summed E-state index contributed by atoms with van der Waals surface area (Å²) < 4.78 is 0. The molecule has 0 aliphatic carbocycles. The van der Waals surface area contributed by atoms with E-state index < -0.39 is 12.1 Å². The van der Waals surface area contributed by atoms with Crippen LogP contribution in [-0.2, 0) is 4.79 Å². The van der Waals surface area contributed by atoms with Gasteiger partial charge in [0.1, 0.15) is 0 Å². The Bertz CT molecular complexity index is 947. The molecule has 0 aromatic carbocycles. The first-order chi connectivity index (χ1) is 32.2. The third kappa shape index (κ3) is 53.7. The maximum absolute atomic E-state index is 12.5. The van der Waals surface area contributed by atoms with Crippen molar-refractivity contribution in [2.45, 2.75) is 353 Å². The van der Waals surface area contributed by atoms with Gasteiger partial charge in [-0.25, -0.2) is 0 Å². The van der Waals surface area contributed by atoms with Crippen LogP contribution >= 0.6 is 0 Å². The fourth-order valence-corrected chi connectivity index (χ4v) is 9.61. The normalized spacial score (nSPS) is 12.9. The Hall–Kier alpha value is -1.13. The number of hydrogen-bond donors (Lipinski definition) is 3. The van der Waals surface area contributed by atoms with Crippen LogP contribution in [0.1, 0.15) is 341 Å². The lowest BCUT2D eigenvalue weighted by atomic mass is 10.0. The van der Waals surface area contributed by atoms with Gasteiger partial charge in [0.2, 0.25) is 5.91 Å². The van der Waals surface area contributed by atoms with Gasteiger partial charge in [0.05, 0.1) is 18.8 Å². The molecule has 4 heteroatoms. The van der Waals surface area contributed by atoms with Crippen molar-refractivity contribution in [3.63, 3.8) is 0 Å². The van der Waals surface area contributed by atoms with Crippen molar-refractivity contribution >= 4 is 5.91 Å². The monoisotopic (exact) mass is 914 g/mol. The molecule has 0 radical (unpaired) electrons. The molecule has 1 amide bonds. The number of rotatable bonds is 56. The number of hydrogen-bond acceptors (Lipinski definition) is 3. The molecule has 0 aliphatic rings. The molecule has 2 unspecified atom stereocenters. The van der Waals surface area contributed by atoms with Gasteiger partial charge in [-0.15, -0.1) is 0 Å². The van der Waals surface area contributed by atoms with Crippen LogP contribution in [0.5, 0.6) is 0 Å².